The Bertz CT molecular complexity index is 1130. The largest absolute Gasteiger partial charge is 1.00 e. The SMILES string of the molecule is COc1ccc(C2CC3=[NH+]c4ccccc4NC(c4ccccc4)C3=C(O)C2)cc1.O.[Cl-]. The first kappa shape index (κ1) is 23.4. The number of halogens is 1. The zero-order chi connectivity index (χ0) is 20.5. The van der Waals surface area contributed by atoms with E-state index >= 15 is 0 Å². The molecule has 0 radical (unpaired) electrons. The molecule has 5 nitrogen and oxygen atoms in total. The van der Waals surface area contributed by atoms with Crippen LogP contribution in [0.1, 0.15) is 35.9 Å². The summed E-state index contributed by atoms with van der Waals surface area (Å²) in [6.07, 6.45) is 1.46. The minimum Gasteiger partial charge on any atom is -1.00 e. The van der Waals surface area contributed by atoms with E-state index in [1.807, 2.05) is 42.5 Å². The minimum atomic E-state index is -0.103. The van der Waals surface area contributed by atoms with E-state index in [1.165, 1.54) is 5.56 Å². The predicted octanol–water partition coefficient (Wildman–Crippen LogP) is 0.584. The number of aliphatic hydroxyl groups is 1. The molecule has 1 aliphatic heterocycles. The normalized spacial score (nSPS) is 19.1. The highest BCUT2D eigenvalue weighted by Gasteiger charge is 2.38. The van der Waals surface area contributed by atoms with Crippen LogP contribution in [0.15, 0.2) is 90.2 Å². The van der Waals surface area contributed by atoms with Crippen LogP contribution in [0.4, 0.5) is 11.4 Å². The minimum absolute atomic E-state index is 0. The number of allylic oxidation sites excluding steroid dienone is 1. The van der Waals surface area contributed by atoms with Crippen molar-refractivity contribution in [2.45, 2.75) is 24.8 Å². The van der Waals surface area contributed by atoms with E-state index in [0.717, 1.165) is 40.4 Å². The van der Waals surface area contributed by atoms with E-state index in [-0.39, 0.29) is 29.8 Å². The number of hydrogen-bond acceptors (Lipinski definition) is 3. The van der Waals surface area contributed by atoms with Gasteiger partial charge in [0.1, 0.15) is 17.2 Å². The molecule has 2 aliphatic rings. The van der Waals surface area contributed by atoms with Gasteiger partial charge >= 0.3 is 0 Å². The smallest absolute Gasteiger partial charge is 0.227 e. The highest BCUT2D eigenvalue weighted by molar-refractivity contribution is 6.01. The molecule has 3 aromatic rings. The lowest BCUT2D eigenvalue weighted by Crippen LogP contribution is -3.00. The number of methoxy groups -OCH3 is 1. The summed E-state index contributed by atoms with van der Waals surface area (Å²) >= 11 is 0. The second-order valence-corrected chi connectivity index (χ2v) is 7.88. The van der Waals surface area contributed by atoms with Gasteiger partial charge in [-0.1, -0.05) is 54.6 Å². The molecule has 32 heavy (non-hydrogen) atoms. The Balaban J connectivity index is 0.00000144. The van der Waals surface area contributed by atoms with Crippen LogP contribution in [0, 0.1) is 0 Å². The molecule has 0 saturated carbocycles. The molecule has 0 fully saturated rings. The van der Waals surface area contributed by atoms with Crippen molar-refractivity contribution in [3.8, 4) is 5.75 Å². The van der Waals surface area contributed by atoms with E-state index < -0.39 is 0 Å². The topological polar surface area (TPSA) is 87.0 Å². The second kappa shape index (κ2) is 9.90. The van der Waals surface area contributed by atoms with Gasteiger partial charge in [0.25, 0.3) is 0 Å². The molecule has 166 valence electrons. The number of benzene rings is 3. The maximum Gasteiger partial charge on any atom is 0.227 e. The van der Waals surface area contributed by atoms with Crippen molar-refractivity contribution in [1.29, 1.82) is 0 Å². The maximum atomic E-state index is 11.2. The highest BCUT2D eigenvalue weighted by Crippen LogP contribution is 2.40. The van der Waals surface area contributed by atoms with E-state index in [0.29, 0.717) is 12.2 Å². The monoisotopic (exact) mass is 450 g/mol. The van der Waals surface area contributed by atoms with Crippen LogP contribution in [-0.4, -0.2) is 23.4 Å². The lowest BCUT2D eigenvalue weighted by Gasteiger charge is -2.28. The van der Waals surface area contributed by atoms with Crippen molar-refractivity contribution >= 4 is 17.1 Å². The average molecular weight is 451 g/mol. The van der Waals surface area contributed by atoms with Gasteiger partial charge in [0, 0.05) is 24.8 Å². The summed E-state index contributed by atoms with van der Waals surface area (Å²) in [5.74, 6) is 1.50. The number of rotatable bonds is 3. The van der Waals surface area contributed by atoms with Gasteiger partial charge in [-0.3, -0.25) is 0 Å². The number of hydrogen-bond donors (Lipinski definition) is 3. The predicted molar refractivity (Wildman–Crippen MR) is 123 cm³/mol. The van der Waals surface area contributed by atoms with Crippen molar-refractivity contribution in [3.05, 3.63) is 101 Å². The van der Waals surface area contributed by atoms with Crippen molar-refractivity contribution in [2.24, 2.45) is 0 Å². The lowest BCUT2D eigenvalue weighted by atomic mass is 9.79. The van der Waals surface area contributed by atoms with Crippen LogP contribution in [0.5, 0.6) is 5.75 Å². The van der Waals surface area contributed by atoms with Crippen LogP contribution in [0.25, 0.3) is 0 Å². The van der Waals surface area contributed by atoms with Gasteiger partial charge in [0.15, 0.2) is 5.71 Å². The Morgan fingerprint density at radius 2 is 1.56 bits per heavy atom. The van der Waals surface area contributed by atoms with Crippen LogP contribution in [0.3, 0.4) is 0 Å². The summed E-state index contributed by atoms with van der Waals surface area (Å²) in [7, 11) is 1.68. The molecule has 1 aliphatic carbocycles. The van der Waals surface area contributed by atoms with Gasteiger partial charge in [-0.25, -0.2) is 4.99 Å². The van der Waals surface area contributed by atoms with Gasteiger partial charge in [-0.15, -0.1) is 0 Å². The number of nitrogens with one attached hydrogen (secondary N) is 2. The third kappa shape index (κ3) is 4.35. The van der Waals surface area contributed by atoms with Crippen molar-refractivity contribution in [1.82, 2.24) is 0 Å². The van der Waals surface area contributed by atoms with E-state index in [1.54, 1.807) is 7.11 Å². The molecule has 0 saturated heterocycles. The van der Waals surface area contributed by atoms with E-state index in [2.05, 4.69) is 46.7 Å². The molecule has 2 unspecified atom stereocenters. The number of fused-ring (bicyclic) bond motifs is 2. The van der Waals surface area contributed by atoms with Crippen molar-refractivity contribution in [2.75, 3.05) is 12.4 Å². The molecular weight excluding hydrogens is 424 g/mol. The molecule has 2 atom stereocenters. The zero-order valence-electron chi connectivity index (χ0n) is 17.8. The standard InChI is InChI=1S/C26H24N2O2.ClH.H2O/c1-30-20-13-11-17(12-14-20)19-15-23-25(24(29)16-19)26(18-7-3-2-4-8-18)28-22-10-6-5-9-21(22)27-23;;/h2-14,19,26,28-29H,15-16H2,1H3;1H;1H2. The summed E-state index contributed by atoms with van der Waals surface area (Å²) in [5, 5.41) is 14.9. The van der Waals surface area contributed by atoms with Crippen molar-refractivity contribution in [3.63, 3.8) is 0 Å². The first-order valence-corrected chi connectivity index (χ1v) is 10.3. The Hall–Kier alpha value is -3.28. The summed E-state index contributed by atoms with van der Waals surface area (Å²) in [6, 6.07) is 26.6. The molecule has 0 spiro atoms. The molecule has 5 rings (SSSR count). The molecule has 0 aromatic heterocycles. The number of ether oxygens (including phenoxy) is 1. The molecule has 5 N–H and O–H groups in total. The average Bonchev–Trinajstić information content (AvgIpc) is 2.96. The molecule has 3 aromatic carbocycles. The van der Waals surface area contributed by atoms with Crippen LogP contribution in [-0.2, 0) is 0 Å². The molecule has 1 heterocycles. The molecular formula is C26H27ClN2O3. The summed E-state index contributed by atoms with van der Waals surface area (Å²) in [6.45, 7) is 0. The van der Waals surface area contributed by atoms with Crippen LogP contribution < -0.4 is 27.5 Å². The number of aliphatic hydroxyl groups excluding tert-OH is 1. The fraction of sp³-hybridized carbons (Fsp3) is 0.192. The lowest BCUT2D eigenvalue weighted by molar-refractivity contribution is -0.353. The van der Waals surface area contributed by atoms with Crippen LogP contribution in [0.2, 0.25) is 0 Å². The van der Waals surface area contributed by atoms with Crippen molar-refractivity contribution < 1.29 is 32.7 Å². The molecule has 0 amide bonds. The zero-order valence-corrected chi connectivity index (χ0v) is 18.6. The van der Waals surface area contributed by atoms with E-state index in [4.69, 9.17) is 4.74 Å². The second-order valence-electron chi connectivity index (χ2n) is 7.88. The van der Waals surface area contributed by atoms with Gasteiger partial charge in [-0.05, 0) is 29.3 Å². The molecule has 6 heteroatoms. The Labute approximate surface area is 194 Å². The Kier molecular flexibility index (Phi) is 7.23. The van der Waals surface area contributed by atoms with Gasteiger partial charge < -0.3 is 33.0 Å². The number of anilines is 1. The van der Waals surface area contributed by atoms with Crippen LogP contribution >= 0.6 is 0 Å². The van der Waals surface area contributed by atoms with E-state index in [9.17, 15) is 5.11 Å². The van der Waals surface area contributed by atoms with Gasteiger partial charge in [0.2, 0.25) is 5.69 Å². The van der Waals surface area contributed by atoms with Gasteiger partial charge in [0.05, 0.1) is 18.7 Å². The fourth-order valence-corrected chi connectivity index (χ4v) is 4.52. The Morgan fingerprint density at radius 3 is 2.28 bits per heavy atom. The summed E-state index contributed by atoms with van der Waals surface area (Å²) in [5.41, 5.74) is 6.45. The third-order valence-electron chi connectivity index (χ3n) is 6.05. The quantitative estimate of drug-likeness (QED) is 0.545. The summed E-state index contributed by atoms with van der Waals surface area (Å²) < 4.78 is 5.30. The fourth-order valence-electron chi connectivity index (χ4n) is 4.52. The van der Waals surface area contributed by atoms with Gasteiger partial charge in [-0.2, -0.15) is 0 Å². The first-order chi connectivity index (χ1) is 14.7. The maximum absolute atomic E-state index is 11.2. The Morgan fingerprint density at radius 1 is 0.875 bits per heavy atom. The highest BCUT2D eigenvalue weighted by atomic mass is 35.5. The summed E-state index contributed by atoms with van der Waals surface area (Å²) in [4.78, 5) is 3.63. The first-order valence-electron chi connectivity index (χ1n) is 10.3. The number of para-hydroxylation sites is 2. The molecule has 0 bridgehead atoms. The third-order valence-corrected chi connectivity index (χ3v) is 6.05.